The fourth-order valence-electron chi connectivity index (χ4n) is 6.90. The van der Waals surface area contributed by atoms with Crippen LogP contribution >= 0.6 is 0 Å². The van der Waals surface area contributed by atoms with Gasteiger partial charge in [-0.3, -0.25) is 14.2 Å². The van der Waals surface area contributed by atoms with Crippen LogP contribution in [0.25, 0.3) is 78.0 Å². The maximum Gasteiger partial charge on any atom is 0.308 e. The number of hydrogen-bond acceptors (Lipinski definition) is 7. The van der Waals surface area contributed by atoms with E-state index in [9.17, 15) is 9.59 Å². The third-order valence-corrected chi connectivity index (χ3v) is 9.05. The summed E-state index contributed by atoms with van der Waals surface area (Å²) in [6, 6.07) is 45.7. The van der Waals surface area contributed by atoms with E-state index in [0.717, 1.165) is 43.9 Å². The first kappa shape index (κ1) is 30.9. The summed E-state index contributed by atoms with van der Waals surface area (Å²) in [6.07, 6.45) is 0. The number of rotatable bonds is 6. The molecule has 0 spiro atoms. The van der Waals surface area contributed by atoms with E-state index in [1.54, 1.807) is 24.3 Å². The van der Waals surface area contributed by atoms with Crippen LogP contribution in [0.3, 0.4) is 0 Å². The van der Waals surface area contributed by atoms with Gasteiger partial charge in [0.25, 0.3) is 0 Å². The molecule has 0 fully saturated rings. The number of esters is 2. The van der Waals surface area contributed by atoms with Crippen molar-refractivity contribution in [2.75, 3.05) is 0 Å². The lowest BCUT2D eigenvalue weighted by Crippen LogP contribution is -2.07. The first-order valence-corrected chi connectivity index (χ1v) is 16.8. The summed E-state index contributed by atoms with van der Waals surface area (Å²) >= 11 is 0. The van der Waals surface area contributed by atoms with E-state index in [2.05, 4.69) is 81.9 Å². The maximum atomic E-state index is 11.6. The van der Waals surface area contributed by atoms with Crippen LogP contribution in [0.5, 0.6) is 11.5 Å². The first-order chi connectivity index (χ1) is 25.4. The van der Waals surface area contributed by atoms with Gasteiger partial charge in [-0.2, -0.15) is 9.97 Å². The van der Waals surface area contributed by atoms with E-state index < -0.39 is 11.9 Å². The zero-order chi connectivity index (χ0) is 35.3. The van der Waals surface area contributed by atoms with Crippen LogP contribution < -0.4 is 9.47 Å². The van der Waals surface area contributed by atoms with E-state index in [-0.39, 0.29) is 0 Å². The average molecular weight is 680 g/mol. The molecule has 0 radical (unpaired) electrons. The number of carbonyl (C=O) groups excluding carboxylic acids is 2. The molecule has 0 N–H and O–H groups in total. The Labute approximate surface area is 297 Å². The molecule has 0 aliphatic rings. The highest BCUT2D eigenvalue weighted by atomic mass is 16.5. The van der Waals surface area contributed by atoms with Gasteiger partial charge in [0.15, 0.2) is 11.6 Å². The summed E-state index contributed by atoms with van der Waals surface area (Å²) in [7, 11) is 0. The van der Waals surface area contributed by atoms with Crippen molar-refractivity contribution < 1.29 is 19.1 Å². The lowest BCUT2D eigenvalue weighted by atomic mass is 10.1. The number of fused-ring (bicyclic) bond motifs is 6. The number of carbonyl (C=O) groups is 2. The normalized spacial score (nSPS) is 11.4. The van der Waals surface area contributed by atoms with Crippen molar-refractivity contribution in [3.63, 3.8) is 0 Å². The molecule has 52 heavy (non-hydrogen) atoms. The predicted octanol–water partition coefficient (Wildman–Crippen LogP) is 9.25. The minimum atomic E-state index is -0.401. The molecule has 0 atom stereocenters. The van der Waals surface area contributed by atoms with Crippen molar-refractivity contribution in [1.82, 2.24) is 24.1 Å². The highest BCUT2D eigenvalue weighted by molar-refractivity contribution is 6.19. The molecule has 0 unspecified atom stereocenters. The van der Waals surface area contributed by atoms with Crippen LogP contribution in [-0.2, 0) is 9.59 Å². The summed E-state index contributed by atoms with van der Waals surface area (Å²) in [5, 5.41) is 4.45. The Morgan fingerprint density at radius 1 is 0.462 bits per heavy atom. The monoisotopic (exact) mass is 679 g/mol. The topological polar surface area (TPSA) is 101 Å². The molecule has 0 amide bonds. The van der Waals surface area contributed by atoms with Gasteiger partial charge in [-0.25, -0.2) is 4.98 Å². The molecule has 3 heterocycles. The summed E-state index contributed by atoms with van der Waals surface area (Å²) in [4.78, 5) is 38.2. The molecule has 250 valence electrons. The van der Waals surface area contributed by atoms with Crippen LogP contribution in [0.15, 0.2) is 140 Å². The molecule has 0 saturated heterocycles. The summed E-state index contributed by atoms with van der Waals surface area (Å²) in [6.45, 7) is 2.73. The van der Waals surface area contributed by atoms with Crippen molar-refractivity contribution in [2.24, 2.45) is 0 Å². The lowest BCUT2D eigenvalue weighted by molar-refractivity contribution is -0.132. The number of benzene rings is 6. The Balaban J connectivity index is 1.32. The van der Waals surface area contributed by atoms with Gasteiger partial charge in [0.05, 0.1) is 22.1 Å². The predicted molar refractivity (Wildman–Crippen MR) is 202 cm³/mol. The molecule has 6 aromatic carbocycles. The molecule has 0 saturated carbocycles. The fraction of sp³-hybridized carbons (Fsp3) is 0.0465. The molecule has 9 rings (SSSR count). The minimum Gasteiger partial charge on any atom is -0.427 e. The van der Waals surface area contributed by atoms with Crippen LogP contribution in [0.1, 0.15) is 13.8 Å². The molecule has 9 nitrogen and oxygen atoms in total. The first-order valence-electron chi connectivity index (χ1n) is 16.8. The van der Waals surface area contributed by atoms with Gasteiger partial charge in [0.2, 0.25) is 5.95 Å². The Hall–Kier alpha value is -7.13. The maximum absolute atomic E-state index is 11.6. The number of ether oxygens (including phenoxy) is 2. The van der Waals surface area contributed by atoms with Crippen LogP contribution in [0.2, 0.25) is 0 Å². The van der Waals surface area contributed by atoms with Crippen molar-refractivity contribution in [3.8, 4) is 45.9 Å². The number of nitrogens with zero attached hydrogens (tertiary/aromatic N) is 5. The second-order valence-corrected chi connectivity index (χ2v) is 12.4. The van der Waals surface area contributed by atoms with E-state index in [1.807, 2.05) is 42.5 Å². The molecular weight excluding hydrogens is 651 g/mol. The van der Waals surface area contributed by atoms with Gasteiger partial charge in [0, 0.05) is 52.2 Å². The van der Waals surface area contributed by atoms with E-state index in [0.29, 0.717) is 40.2 Å². The molecular formula is C43H29N5O4. The Morgan fingerprint density at radius 2 is 0.923 bits per heavy atom. The largest absolute Gasteiger partial charge is 0.427 e. The average Bonchev–Trinajstić information content (AvgIpc) is 3.66. The minimum absolute atomic E-state index is 0.401. The quantitative estimate of drug-likeness (QED) is 0.128. The standard InChI is InChI=1S/C43H29N5O4/c1-26(49)51-31-20-16-28(17-21-31)41-44-42(29-18-22-32(23-19-29)52-27(2)50)46-43(45-41)48-38-15-9-7-13-34(38)36-24-35-33-12-6-8-14-37(33)47(39(35)25-40(36)48)30-10-4-3-5-11-30/h3-25H,1-2H3. The molecule has 9 aromatic rings. The summed E-state index contributed by atoms with van der Waals surface area (Å²) in [5.74, 6) is 1.34. The molecule has 3 aromatic heterocycles. The second-order valence-electron chi connectivity index (χ2n) is 12.4. The molecule has 9 heteroatoms. The summed E-state index contributed by atoms with van der Waals surface area (Å²) in [5.41, 5.74) is 6.54. The van der Waals surface area contributed by atoms with Gasteiger partial charge in [-0.1, -0.05) is 54.6 Å². The Morgan fingerprint density at radius 3 is 1.44 bits per heavy atom. The third-order valence-electron chi connectivity index (χ3n) is 9.05. The van der Waals surface area contributed by atoms with Gasteiger partial charge in [0.1, 0.15) is 11.5 Å². The zero-order valence-electron chi connectivity index (χ0n) is 28.1. The number of para-hydroxylation sites is 3. The van der Waals surface area contributed by atoms with Crippen LogP contribution in [0.4, 0.5) is 0 Å². The SMILES string of the molecule is CC(=O)Oc1ccc(-c2nc(-c3ccc(OC(C)=O)cc3)nc(-n3c4ccccc4c4cc5c6ccccc6n(-c6ccccc6)c5cc43)n2)cc1. The highest BCUT2D eigenvalue weighted by Crippen LogP contribution is 2.39. The number of hydrogen-bond donors (Lipinski definition) is 0. The lowest BCUT2D eigenvalue weighted by Gasteiger charge is -2.12. The van der Waals surface area contributed by atoms with Crippen molar-refractivity contribution in [1.29, 1.82) is 0 Å². The van der Waals surface area contributed by atoms with Crippen LogP contribution in [0, 0.1) is 0 Å². The van der Waals surface area contributed by atoms with Gasteiger partial charge >= 0.3 is 11.9 Å². The van der Waals surface area contributed by atoms with E-state index in [1.165, 1.54) is 19.2 Å². The Bertz CT molecular complexity index is 2760. The van der Waals surface area contributed by atoms with Crippen molar-refractivity contribution in [3.05, 3.63) is 140 Å². The van der Waals surface area contributed by atoms with Crippen LogP contribution in [-0.4, -0.2) is 36.0 Å². The van der Waals surface area contributed by atoms with Crippen molar-refractivity contribution >= 4 is 55.6 Å². The molecule has 0 aliphatic carbocycles. The van der Waals surface area contributed by atoms with Gasteiger partial charge in [-0.05, 0) is 84.9 Å². The number of aromatic nitrogens is 5. The molecule has 0 bridgehead atoms. The highest BCUT2D eigenvalue weighted by Gasteiger charge is 2.21. The smallest absolute Gasteiger partial charge is 0.308 e. The van der Waals surface area contributed by atoms with E-state index in [4.69, 9.17) is 24.4 Å². The second kappa shape index (κ2) is 12.3. The summed E-state index contributed by atoms with van der Waals surface area (Å²) < 4.78 is 14.9. The van der Waals surface area contributed by atoms with Gasteiger partial charge < -0.3 is 14.0 Å². The fourth-order valence-corrected chi connectivity index (χ4v) is 6.90. The van der Waals surface area contributed by atoms with Crippen molar-refractivity contribution in [2.45, 2.75) is 13.8 Å². The molecule has 0 aliphatic heterocycles. The van der Waals surface area contributed by atoms with E-state index >= 15 is 0 Å². The van der Waals surface area contributed by atoms with Gasteiger partial charge in [-0.15, -0.1) is 0 Å². The zero-order valence-corrected chi connectivity index (χ0v) is 28.1. The third kappa shape index (κ3) is 5.32. The Kier molecular flexibility index (Phi) is 7.32.